The van der Waals surface area contributed by atoms with Gasteiger partial charge >= 0.3 is 0 Å². The molecule has 1 aliphatic heterocycles. The van der Waals surface area contributed by atoms with Gasteiger partial charge in [0.25, 0.3) is 0 Å². The summed E-state index contributed by atoms with van der Waals surface area (Å²) in [5.74, 6) is 0.341. The predicted octanol–water partition coefficient (Wildman–Crippen LogP) is 2.19. The van der Waals surface area contributed by atoms with Crippen LogP contribution in [0.5, 0.6) is 0 Å². The molecule has 12 heavy (non-hydrogen) atoms. The Labute approximate surface area is 74.9 Å². The van der Waals surface area contributed by atoms with Gasteiger partial charge in [0.15, 0.2) is 0 Å². The van der Waals surface area contributed by atoms with Gasteiger partial charge in [-0.05, 0) is 26.7 Å². The third-order valence-corrected chi connectivity index (χ3v) is 2.72. The van der Waals surface area contributed by atoms with Crippen molar-refractivity contribution in [2.24, 2.45) is 0 Å². The van der Waals surface area contributed by atoms with Crippen LogP contribution in [0.15, 0.2) is 0 Å². The lowest BCUT2D eigenvalue weighted by atomic mass is 10.0. The zero-order valence-corrected chi connectivity index (χ0v) is 8.39. The second kappa shape index (κ2) is 3.46. The van der Waals surface area contributed by atoms with Crippen LogP contribution in [0.2, 0.25) is 0 Å². The molecular formula is C10H19NO. The van der Waals surface area contributed by atoms with Gasteiger partial charge in [-0.3, -0.25) is 4.79 Å². The SMILES string of the molecule is CCCCN1C(=O)CCC1(C)C. The van der Waals surface area contributed by atoms with Crippen molar-refractivity contribution in [3.05, 3.63) is 0 Å². The van der Waals surface area contributed by atoms with E-state index in [9.17, 15) is 4.79 Å². The predicted molar refractivity (Wildman–Crippen MR) is 49.9 cm³/mol. The highest BCUT2D eigenvalue weighted by Gasteiger charge is 2.36. The molecule has 0 atom stereocenters. The van der Waals surface area contributed by atoms with Gasteiger partial charge in [-0.1, -0.05) is 13.3 Å². The zero-order chi connectivity index (χ0) is 9.19. The molecule has 0 aromatic heterocycles. The number of carbonyl (C=O) groups is 1. The van der Waals surface area contributed by atoms with Crippen LogP contribution in [0.3, 0.4) is 0 Å². The summed E-state index contributed by atoms with van der Waals surface area (Å²) in [6, 6.07) is 0. The number of unbranched alkanes of at least 4 members (excludes halogenated alkanes) is 1. The number of likely N-dealkylation sites (tertiary alicyclic amines) is 1. The van der Waals surface area contributed by atoms with Gasteiger partial charge in [0, 0.05) is 18.5 Å². The Morgan fingerprint density at radius 1 is 1.50 bits per heavy atom. The summed E-state index contributed by atoms with van der Waals surface area (Å²) in [6.07, 6.45) is 4.07. The fourth-order valence-electron chi connectivity index (χ4n) is 1.76. The highest BCUT2D eigenvalue weighted by Crippen LogP contribution is 2.29. The summed E-state index contributed by atoms with van der Waals surface area (Å²) in [6.45, 7) is 7.43. The number of rotatable bonds is 3. The van der Waals surface area contributed by atoms with Crippen LogP contribution in [-0.2, 0) is 4.79 Å². The Morgan fingerprint density at radius 3 is 2.58 bits per heavy atom. The van der Waals surface area contributed by atoms with Crippen molar-refractivity contribution in [1.29, 1.82) is 0 Å². The van der Waals surface area contributed by atoms with E-state index in [0.29, 0.717) is 5.91 Å². The first kappa shape index (κ1) is 9.56. The smallest absolute Gasteiger partial charge is 0.223 e. The van der Waals surface area contributed by atoms with E-state index < -0.39 is 0 Å². The van der Waals surface area contributed by atoms with Crippen molar-refractivity contribution in [3.8, 4) is 0 Å². The van der Waals surface area contributed by atoms with Crippen LogP contribution in [0, 0.1) is 0 Å². The molecule has 70 valence electrons. The highest BCUT2D eigenvalue weighted by atomic mass is 16.2. The molecule has 1 fully saturated rings. The molecule has 0 saturated carbocycles. The quantitative estimate of drug-likeness (QED) is 0.634. The van der Waals surface area contributed by atoms with Crippen LogP contribution in [0.1, 0.15) is 46.5 Å². The molecule has 0 radical (unpaired) electrons. The molecule has 0 bridgehead atoms. The first-order chi connectivity index (χ1) is 5.58. The Hall–Kier alpha value is -0.530. The van der Waals surface area contributed by atoms with E-state index in [2.05, 4.69) is 20.8 Å². The standard InChI is InChI=1S/C10H19NO/c1-4-5-8-11-9(12)6-7-10(11,2)3/h4-8H2,1-3H3. The minimum Gasteiger partial charge on any atom is -0.338 e. The van der Waals surface area contributed by atoms with E-state index >= 15 is 0 Å². The second-order valence-electron chi connectivity index (χ2n) is 4.21. The summed E-state index contributed by atoms with van der Waals surface area (Å²) in [4.78, 5) is 13.5. The van der Waals surface area contributed by atoms with E-state index in [-0.39, 0.29) is 5.54 Å². The van der Waals surface area contributed by atoms with Crippen molar-refractivity contribution >= 4 is 5.91 Å². The van der Waals surface area contributed by atoms with Crippen molar-refractivity contribution in [1.82, 2.24) is 4.90 Å². The molecule has 0 aromatic carbocycles. The summed E-state index contributed by atoms with van der Waals surface area (Å²) in [7, 11) is 0. The molecule has 0 spiro atoms. The van der Waals surface area contributed by atoms with Gasteiger partial charge < -0.3 is 4.90 Å². The highest BCUT2D eigenvalue weighted by molar-refractivity contribution is 5.79. The maximum atomic E-state index is 11.4. The van der Waals surface area contributed by atoms with Crippen LogP contribution in [0.4, 0.5) is 0 Å². The Bertz CT molecular complexity index is 175. The maximum Gasteiger partial charge on any atom is 0.223 e. The zero-order valence-electron chi connectivity index (χ0n) is 8.39. The van der Waals surface area contributed by atoms with Crippen LogP contribution >= 0.6 is 0 Å². The van der Waals surface area contributed by atoms with E-state index in [0.717, 1.165) is 25.8 Å². The number of hydrogen-bond acceptors (Lipinski definition) is 1. The summed E-state index contributed by atoms with van der Waals surface area (Å²) in [5, 5.41) is 0. The summed E-state index contributed by atoms with van der Waals surface area (Å²) >= 11 is 0. The lowest BCUT2D eigenvalue weighted by molar-refractivity contribution is -0.130. The second-order valence-corrected chi connectivity index (χ2v) is 4.21. The molecule has 0 aromatic rings. The fourth-order valence-corrected chi connectivity index (χ4v) is 1.76. The number of hydrogen-bond donors (Lipinski definition) is 0. The van der Waals surface area contributed by atoms with E-state index in [1.54, 1.807) is 0 Å². The van der Waals surface area contributed by atoms with E-state index in [1.165, 1.54) is 6.42 Å². The van der Waals surface area contributed by atoms with Crippen molar-refractivity contribution in [3.63, 3.8) is 0 Å². The average Bonchev–Trinajstić information content (AvgIpc) is 2.24. The molecule has 1 rings (SSSR count). The number of carbonyl (C=O) groups excluding carboxylic acids is 1. The van der Waals surface area contributed by atoms with Gasteiger partial charge in [0.1, 0.15) is 0 Å². The van der Waals surface area contributed by atoms with Gasteiger partial charge in [-0.15, -0.1) is 0 Å². The van der Waals surface area contributed by atoms with Crippen LogP contribution in [0.25, 0.3) is 0 Å². The van der Waals surface area contributed by atoms with Gasteiger partial charge in [0.2, 0.25) is 5.91 Å². The van der Waals surface area contributed by atoms with Crippen molar-refractivity contribution in [2.75, 3.05) is 6.54 Å². The molecule has 1 aliphatic rings. The van der Waals surface area contributed by atoms with Crippen molar-refractivity contribution < 1.29 is 4.79 Å². The first-order valence-electron chi connectivity index (χ1n) is 4.88. The molecule has 1 amide bonds. The molecule has 1 saturated heterocycles. The largest absolute Gasteiger partial charge is 0.338 e. The monoisotopic (exact) mass is 169 g/mol. The van der Waals surface area contributed by atoms with E-state index in [4.69, 9.17) is 0 Å². The summed E-state index contributed by atoms with van der Waals surface area (Å²) in [5.41, 5.74) is 0.117. The molecule has 1 heterocycles. The van der Waals surface area contributed by atoms with Gasteiger partial charge in [-0.2, -0.15) is 0 Å². The minimum absolute atomic E-state index is 0.117. The molecule has 0 aliphatic carbocycles. The summed E-state index contributed by atoms with van der Waals surface area (Å²) < 4.78 is 0. The van der Waals surface area contributed by atoms with Gasteiger partial charge in [-0.25, -0.2) is 0 Å². The fraction of sp³-hybridized carbons (Fsp3) is 0.900. The minimum atomic E-state index is 0.117. The average molecular weight is 169 g/mol. The van der Waals surface area contributed by atoms with Gasteiger partial charge in [0.05, 0.1) is 0 Å². The lowest BCUT2D eigenvalue weighted by Gasteiger charge is -2.31. The molecule has 0 N–H and O–H groups in total. The first-order valence-corrected chi connectivity index (χ1v) is 4.88. The number of nitrogens with zero attached hydrogens (tertiary/aromatic N) is 1. The Kier molecular flexibility index (Phi) is 2.76. The third kappa shape index (κ3) is 1.79. The van der Waals surface area contributed by atoms with E-state index in [1.807, 2.05) is 4.90 Å². The van der Waals surface area contributed by atoms with Crippen LogP contribution < -0.4 is 0 Å². The Balaban J connectivity index is 2.53. The maximum absolute atomic E-state index is 11.4. The molecule has 2 heteroatoms. The molecular weight excluding hydrogens is 150 g/mol. The lowest BCUT2D eigenvalue weighted by Crippen LogP contribution is -2.41. The van der Waals surface area contributed by atoms with Crippen LogP contribution in [-0.4, -0.2) is 22.9 Å². The number of amides is 1. The topological polar surface area (TPSA) is 20.3 Å². The Morgan fingerprint density at radius 2 is 2.17 bits per heavy atom. The normalized spacial score (nSPS) is 21.9. The molecule has 2 nitrogen and oxygen atoms in total. The molecule has 0 unspecified atom stereocenters. The van der Waals surface area contributed by atoms with Crippen molar-refractivity contribution in [2.45, 2.75) is 52.0 Å². The third-order valence-electron chi connectivity index (χ3n) is 2.72.